The van der Waals surface area contributed by atoms with E-state index in [1.807, 2.05) is 0 Å². The molecule has 7 heteroatoms. The fourth-order valence-corrected chi connectivity index (χ4v) is 1.99. The van der Waals surface area contributed by atoms with Gasteiger partial charge in [0.2, 0.25) is 5.91 Å². The number of anilines is 1. The Kier molecular flexibility index (Phi) is 4.36. The fraction of sp³-hybridized carbons (Fsp3) is 0.300. The van der Waals surface area contributed by atoms with Crippen molar-refractivity contribution in [3.8, 4) is 0 Å². The summed E-state index contributed by atoms with van der Waals surface area (Å²) in [5, 5.41) is 11.6. The molecule has 0 radical (unpaired) electrons. The lowest BCUT2D eigenvalue weighted by Gasteiger charge is -2.08. The van der Waals surface area contributed by atoms with Gasteiger partial charge in [-0.1, -0.05) is 6.08 Å². The van der Waals surface area contributed by atoms with Gasteiger partial charge in [-0.3, -0.25) is 4.79 Å². The smallest absolute Gasteiger partial charge is 0.340 e. The van der Waals surface area contributed by atoms with Gasteiger partial charge in [0.1, 0.15) is 10.6 Å². The number of amides is 1. The number of nitrogens with zero attached hydrogens (tertiary/aromatic N) is 1. The average molecular weight is 255 g/mol. The zero-order chi connectivity index (χ0) is 13.0. The van der Waals surface area contributed by atoms with Crippen LogP contribution in [0, 0.1) is 6.92 Å². The number of carbonyl (C=O) groups excluding carboxylic acids is 1. The Morgan fingerprint density at radius 2 is 2.35 bits per heavy atom. The summed E-state index contributed by atoms with van der Waals surface area (Å²) in [4.78, 5) is 22.5. The van der Waals surface area contributed by atoms with E-state index in [0.717, 1.165) is 11.5 Å². The van der Waals surface area contributed by atoms with Crippen molar-refractivity contribution in [3.63, 3.8) is 0 Å². The second kappa shape index (κ2) is 5.55. The minimum Gasteiger partial charge on any atom is -0.478 e. The minimum absolute atomic E-state index is 0.00848. The zero-order valence-corrected chi connectivity index (χ0v) is 10.1. The van der Waals surface area contributed by atoms with E-state index in [9.17, 15) is 9.59 Å². The number of nitrogens with two attached hydrogens (primary N) is 1. The molecule has 1 aromatic rings. The van der Waals surface area contributed by atoms with Gasteiger partial charge in [-0.05, 0) is 24.9 Å². The van der Waals surface area contributed by atoms with Crippen LogP contribution in [0.4, 0.5) is 5.00 Å². The van der Waals surface area contributed by atoms with Gasteiger partial charge in [0.05, 0.1) is 11.7 Å². The molecule has 1 atom stereocenters. The van der Waals surface area contributed by atoms with Crippen LogP contribution in [0.15, 0.2) is 12.7 Å². The number of carboxylic acids is 1. The van der Waals surface area contributed by atoms with Gasteiger partial charge in [-0.25, -0.2) is 4.79 Å². The molecule has 0 aliphatic rings. The molecule has 0 bridgehead atoms. The molecule has 0 saturated heterocycles. The maximum absolute atomic E-state index is 11.6. The SMILES string of the molecule is C=CCC(N)C(=O)Nc1snc(C)c1C(=O)O. The van der Waals surface area contributed by atoms with E-state index in [2.05, 4.69) is 16.3 Å². The molecule has 0 spiro atoms. The van der Waals surface area contributed by atoms with Crippen LogP contribution in [0.25, 0.3) is 0 Å². The third-order valence-corrected chi connectivity index (χ3v) is 2.92. The van der Waals surface area contributed by atoms with Crippen molar-refractivity contribution in [2.45, 2.75) is 19.4 Å². The molecular weight excluding hydrogens is 242 g/mol. The molecule has 0 aliphatic heterocycles. The molecule has 0 fully saturated rings. The van der Waals surface area contributed by atoms with Crippen molar-refractivity contribution < 1.29 is 14.7 Å². The molecular formula is C10H13N3O3S. The van der Waals surface area contributed by atoms with Crippen LogP contribution < -0.4 is 11.1 Å². The van der Waals surface area contributed by atoms with Crippen LogP contribution in [-0.2, 0) is 4.79 Å². The Hall–Kier alpha value is -1.73. The molecule has 1 amide bonds. The maximum Gasteiger partial charge on any atom is 0.340 e. The van der Waals surface area contributed by atoms with Gasteiger partial charge in [0.15, 0.2) is 0 Å². The first-order valence-electron chi connectivity index (χ1n) is 4.84. The molecule has 0 saturated carbocycles. The van der Waals surface area contributed by atoms with Crippen molar-refractivity contribution in [2.24, 2.45) is 5.73 Å². The summed E-state index contributed by atoms with van der Waals surface area (Å²) in [6, 6.07) is -0.739. The van der Waals surface area contributed by atoms with Gasteiger partial charge >= 0.3 is 5.97 Å². The van der Waals surface area contributed by atoms with Crippen molar-refractivity contribution in [1.29, 1.82) is 0 Å². The second-order valence-electron chi connectivity index (χ2n) is 3.40. The highest BCUT2D eigenvalue weighted by Gasteiger charge is 2.21. The highest BCUT2D eigenvalue weighted by molar-refractivity contribution is 7.11. The Morgan fingerprint density at radius 3 is 2.88 bits per heavy atom. The largest absolute Gasteiger partial charge is 0.478 e. The van der Waals surface area contributed by atoms with Gasteiger partial charge < -0.3 is 16.2 Å². The molecule has 1 aromatic heterocycles. The number of nitrogens with one attached hydrogen (secondary N) is 1. The number of rotatable bonds is 5. The van der Waals surface area contributed by atoms with Gasteiger partial charge in [-0.15, -0.1) is 6.58 Å². The molecule has 0 aromatic carbocycles. The lowest BCUT2D eigenvalue weighted by molar-refractivity contribution is -0.117. The van der Waals surface area contributed by atoms with Crippen molar-refractivity contribution in [1.82, 2.24) is 4.37 Å². The third kappa shape index (κ3) is 3.11. The molecule has 1 unspecified atom stereocenters. The van der Waals surface area contributed by atoms with Gasteiger partial charge in [0.25, 0.3) is 0 Å². The Morgan fingerprint density at radius 1 is 1.71 bits per heavy atom. The Labute approximate surface area is 102 Å². The van der Waals surface area contributed by atoms with Crippen LogP contribution in [0.3, 0.4) is 0 Å². The molecule has 17 heavy (non-hydrogen) atoms. The van der Waals surface area contributed by atoms with E-state index in [4.69, 9.17) is 10.8 Å². The Bertz CT molecular complexity index is 456. The summed E-state index contributed by atoms with van der Waals surface area (Å²) in [7, 11) is 0. The first-order valence-corrected chi connectivity index (χ1v) is 5.61. The summed E-state index contributed by atoms with van der Waals surface area (Å²) in [6.45, 7) is 5.04. The van der Waals surface area contributed by atoms with E-state index in [0.29, 0.717) is 12.1 Å². The lowest BCUT2D eigenvalue weighted by atomic mass is 10.2. The number of hydrogen-bond acceptors (Lipinski definition) is 5. The van der Waals surface area contributed by atoms with Crippen molar-refractivity contribution in [2.75, 3.05) is 5.32 Å². The highest BCUT2D eigenvalue weighted by Crippen LogP contribution is 2.24. The zero-order valence-electron chi connectivity index (χ0n) is 9.27. The summed E-state index contributed by atoms with van der Waals surface area (Å²) >= 11 is 0.924. The van der Waals surface area contributed by atoms with E-state index in [1.54, 1.807) is 6.92 Å². The highest BCUT2D eigenvalue weighted by atomic mass is 32.1. The van der Waals surface area contributed by atoms with Crippen LogP contribution >= 0.6 is 11.5 Å². The second-order valence-corrected chi connectivity index (χ2v) is 4.17. The van der Waals surface area contributed by atoms with Crippen LogP contribution in [0.5, 0.6) is 0 Å². The summed E-state index contributed by atoms with van der Waals surface area (Å²) < 4.78 is 3.88. The number of aromatic nitrogens is 1. The molecule has 1 heterocycles. The number of carbonyl (C=O) groups is 2. The topological polar surface area (TPSA) is 105 Å². The summed E-state index contributed by atoms with van der Waals surface area (Å²) in [5.74, 6) is -1.57. The van der Waals surface area contributed by atoms with E-state index < -0.39 is 17.9 Å². The van der Waals surface area contributed by atoms with Gasteiger partial charge in [-0.2, -0.15) is 4.37 Å². The van der Waals surface area contributed by atoms with Crippen LogP contribution in [0.2, 0.25) is 0 Å². The van der Waals surface area contributed by atoms with Crippen molar-refractivity contribution >= 4 is 28.4 Å². The van der Waals surface area contributed by atoms with E-state index in [1.165, 1.54) is 6.08 Å². The summed E-state index contributed by atoms with van der Waals surface area (Å²) in [5.41, 5.74) is 5.94. The lowest BCUT2D eigenvalue weighted by Crippen LogP contribution is -2.35. The average Bonchev–Trinajstić information content (AvgIpc) is 2.60. The molecule has 0 aliphatic carbocycles. The third-order valence-electron chi connectivity index (χ3n) is 2.07. The van der Waals surface area contributed by atoms with E-state index in [-0.39, 0.29) is 10.6 Å². The number of aryl methyl sites for hydroxylation is 1. The number of aromatic carboxylic acids is 1. The molecule has 4 N–H and O–H groups in total. The molecule has 1 rings (SSSR count). The standard InChI is InChI=1S/C10H13N3O3S/c1-3-4-6(11)8(14)12-9-7(10(15)16)5(2)13-17-9/h3,6H,1,4,11H2,2H3,(H,12,14)(H,15,16). The fourth-order valence-electron chi connectivity index (χ4n) is 1.20. The molecule has 6 nitrogen and oxygen atoms in total. The summed E-state index contributed by atoms with van der Waals surface area (Å²) in [6.07, 6.45) is 1.85. The Balaban J connectivity index is 2.85. The maximum atomic E-state index is 11.6. The number of carboxylic acid groups (broad SMARTS) is 1. The quantitative estimate of drug-likeness (QED) is 0.680. The first-order chi connectivity index (χ1) is 7.97. The van der Waals surface area contributed by atoms with E-state index >= 15 is 0 Å². The van der Waals surface area contributed by atoms with Gasteiger partial charge in [0, 0.05) is 0 Å². The predicted molar refractivity (Wildman–Crippen MR) is 65.2 cm³/mol. The van der Waals surface area contributed by atoms with Crippen LogP contribution in [0.1, 0.15) is 22.5 Å². The normalized spacial score (nSPS) is 11.9. The molecule has 92 valence electrons. The minimum atomic E-state index is -1.12. The predicted octanol–water partition coefficient (Wildman–Crippen LogP) is 0.992. The van der Waals surface area contributed by atoms with Crippen LogP contribution in [-0.4, -0.2) is 27.4 Å². The number of hydrogen-bond donors (Lipinski definition) is 3. The van der Waals surface area contributed by atoms with Crippen molar-refractivity contribution in [3.05, 3.63) is 23.9 Å². The first kappa shape index (κ1) is 13.3. The monoisotopic (exact) mass is 255 g/mol.